The highest BCUT2D eigenvalue weighted by atomic mass is 32.2. The van der Waals surface area contributed by atoms with Crippen molar-refractivity contribution in [2.75, 3.05) is 11.3 Å². The van der Waals surface area contributed by atoms with Crippen molar-refractivity contribution in [2.24, 2.45) is 0 Å². The van der Waals surface area contributed by atoms with Gasteiger partial charge < -0.3 is 4.74 Å². The smallest absolute Gasteiger partial charge is 0.310 e. The summed E-state index contributed by atoms with van der Waals surface area (Å²) in [5, 5.41) is 1.85. The van der Waals surface area contributed by atoms with E-state index in [0.29, 0.717) is 12.3 Å². The molecule has 0 aromatic heterocycles. The van der Waals surface area contributed by atoms with Gasteiger partial charge >= 0.3 is 5.97 Å². The third kappa shape index (κ3) is 4.03. The summed E-state index contributed by atoms with van der Waals surface area (Å²) >= 11 is 0. The molecule has 0 amide bonds. The molecule has 0 saturated carbocycles. The van der Waals surface area contributed by atoms with E-state index in [-0.39, 0.29) is 17.3 Å². The van der Waals surface area contributed by atoms with Crippen LogP contribution in [0.2, 0.25) is 0 Å². The molecule has 0 fully saturated rings. The van der Waals surface area contributed by atoms with Crippen molar-refractivity contribution in [2.45, 2.75) is 24.7 Å². The average molecular weight is 407 g/mol. The van der Waals surface area contributed by atoms with Crippen molar-refractivity contribution in [3.63, 3.8) is 0 Å². The number of hydrogen-bond acceptors (Lipinski definition) is 4. The summed E-state index contributed by atoms with van der Waals surface area (Å²) in [6.45, 7) is 2.11. The van der Waals surface area contributed by atoms with Crippen molar-refractivity contribution in [3.05, 3.63) is 77.9 Å². The topological polar surface area (TPSA) is 72.5 Å². The van der Waals surface area contributed by atoms with E-state index in [1.165, 1.54) is 0 Å². The Morgan fingerprint density at radius 1 is 1.03 bits per heavy atom. The molecule has 1 aliphatic carbocycles. The van der Waals surface area contributed by atoms with Crippen LogP contribution >= 0.6 is 0 Å². The summed E-state index contributed by atoms with van der Waals surface area (Å²) in [5.41, 5.74) is 3.29. The Hall–Kier alpha value is -3.12. The van der Waals surface area contributed by atoms with Gasteiger partial charge in [-0.15, -0.1) is 0 Å². The van der Waals surface area contributed by atoms with Crippen LogP contribution in [0.4, 0.5) is 5.69 Å². The fourth-order valence-corrected chi connectivity index (χ4v) is 4.63. The SMILES string of the molecule is CCOC(=O)CC1=CCc2ccc(NS(=O)(=O)c3ccc4ccccc4c3)cc21. The molecule has 0 heterocycles. The first-order chi connectivity index (χ1) is 14.0. The minimum Gasteiger partial charge on any atom is -0.466 e. The molecule has 0 spiro atoms. The predicted molar refractivity (Wildman–Crippen MR) is 114 cm³/mol. The molecule has 29 heavy (non-hydrogen) atoms. The number of allylic oxidation sites excluding steroid dienone is 1. The Labute approximate surface area is 170 Å². The van der Waals surface area contributed by atoms with Crippen LogP contribution in [0.25, 0.3) is 16.3 Å². The second-order valence-electron chi connectivity index (χ2n) is 6.90. The lowest BCUT2D eigenvalue weighted by Crippen LogP contribution is -2.13. The first-order valence-electron chi connectivity index (χ1n) is 9.46. The molecule has 1 aliphatic rings. The van der Waals surface area contributed by atoms with E-state index in [2.05, 4.69) is 4.72 Å². The molecule has 6 heteroatoms. The first-order valence-corrected chi connectivity index (χ1v) is 10.9. The van der Waals surface area contributed by atoms with Crippen molar-refractivity contribution in [3.8, 4) is 0 Å². The van der Waals surface area contributed by atoms with Crippen LogP contribution in [0, 0.1) is 0 Å². The quantitative estimate of drug-likeness (QED) is 0.609. The molecule has 0 radical (unpaired) electrons. The van der Waals surface area contributed by atoms with Crippen LogP contribution in [-0.2, 0) is 26.0 Å². The summed E-state index contributed by atoms with van der Waals surface area (Å²) in [6.07, 6.45) is 2.90. The van der Waals surface area contributed by atoms with Gasteiger partial charge in [-0.1, -0.05) is 42.5 Å². The zero-order valence-corrected chi connectivity index (χ0v) is 16.8. The summed E-state index contributed by atoms with van der Waals surface area (Å²) in [4.78, 5) is 12.0. The number of nitrogens with one attached hydrogen (secondary N) is 1. The van der Waals surface area contributed by atoms with Crippen molar-refractivity contribution >= 4 is 38.0 Å². The highest BCUT2D eigenvalue weighted by Gasteiger charge is 2.20. The van der Waals surface area contributed by atoms with Crippen molar-refractivity contribution in [1.29, 1.82) is 0 Å². The summed E-state index contributed by atoms with van der Waals surface area (Å²) < 4.78 is 33.5. The Morgan fingerprint density at radius 3 is 2.62 bits per heavy atom. The van der Waals surface area contributed by atoms with Crippen LogP contribution in [0.5, 0.6) is 0 Å². The van der Waals surface area contributed by atoms with Gasteiger partial charge in [0.2, 0.25) is 0 Å². The summed E-state index contributed by atoms with van der Waals surface area (Å²) in [5.74, 6) is -0.284. The third-order valence-electron chi connectivity index (χ3n) is 4.95. The van der Waals surface area contributed by atoms with E-state index in [1.54, 1.807) is 37.3 Å². The molecule has 3 aromatic carbocycles. The molecular formula is C23H21NO4S. The van der Waals surface area contributed by atoms with E-state index >= 15 is 0 Å². The Bertz CT molecular complexity index is 1230. The number of fused-ring (bicyclic) bond motifs is 2. The lowest BCUT2D eigenvalue weighted by molar-refractivity contribution is -0.141. The fourth-order valence-electron chi connectivity index (χ4n) is 3.54. The van der Waals surface area contributed by atoms with E-state index in [0.717, 1.165) is 33.9 Å². The average Bonchev–Trinajstić information content (AvgIpc) is 3.09. The van der Waals surface area contributed by atoms with Crippen molar-refractivity contribution < 1.29 is 17.9 Å². The molecule has 1 N–H and O–H groups in total. The third-order valence-corrected chi connectivity index (χ3v) is 6.33. The van der Waals surface area contributed by atoms with Gasteiger partial charge in [0.05, 0.1) is 17.9 Å². The number of anilines is 1. The maximum atomic E-state index is 12.9. The molecule has 0 atom stereocenters. The van der Waals surface area contributed by atoms with Gasteiger partial charge in [-0.3, -0.25) is 9.52 Å². The monoisotopic (exact) mass is 407 g/mol. The van der Waals surface area contributed by atoms with E-state index in [9.17, 15) is 13.2 Å². The fraction of sp³-hybridized carbons (Fsp3) is 0.174. The molecule has 148 valence electrons. The van der Waals surface area contributed by atoms with Gasteiger partial charge in [0.15, 0.2) is 0 Å². The molecule has 0 saturated heterocycles. The van der Waals surface area contributed by atoms with E-state index in [1.807, 2.05) is 36.4 Å². The van der Waals surface area contributed by atoms with Gasteiger partial charge in [-0.25, -0.2) is 8.42 Å². The van der Waals surface area contributed by atoms with Crippen LogP contribution in [0.15, 0.2) is 71.6 Å². The Balaban J connectivity index is 1.59. The number of ether oxygens (including phenoxy) is 1. The molecule has 3 aromatic rings. The summed E-state index contributed by atoms with van der Waals surface area (Å²) in [6, 6.07) is 18.1. The number of sulfonamides is 1. The molecule has 0 unspecified atom stereocenters. The summed E-state index contributed by atoms with van der Waals surface area (Å²) in [7, 11) is -3.73. The van der Waals surface area contributed by atoms with Gasteiger partial charge in [0, 0.05) is 5.69 Å². The maximum absolute atomic E-state index is 12.9. The van der Waals surface area contributed by atoms with E-state index in [4.69, 9.17) is 4.74 Å². The number of esters is 1. The van der Waals surface area contributed by atoms with Gasteiger partial charge in [-0.05, 0) is 65.1 Å². The minimum absolute atomic E-state index is 0.182. The Morgan fingerprint density at radius 2 is 1.83 bits per heavy atom. The maximum Gasteiger partial charge on any atom is 0.310 e. The molecule has 0 bridgehead atoms. The zero-order chi connectivity index (χ0) is 20.4. The second-order valence-corrected chi connectivity index (χ2v) is 8.58. The number of hydrogen-bond donors (Lipinski definition) is 1. The number of benzene rings is 3. The first kappa shape index (κ1) is 19.2. The second kappa shape index (κ2) is 7.72. The van der Waals surface area contributed by atoms with Gasteiger partial charge in [0.1, 0.15) is 0 Å². The molecule has 4 rings (SSSR count). The Kier molecular flexibility index (Phi) is 5.11. The molecular weight excluding hydrogens is 386 g/mol. The highest BCUT2D eigenvalue weighted by Crippen LogP contribution is 2.33. The zero-order valence-electron chi connectivity index (χ0n) is 16.0. The number of carbonyl (C=O) groups is 1. The number of rotatable bonds is 6. The van der Waals surface area contributed by atoms with Crippen molar-refractivity contribution in [1.82, 2.24) is 0 Å². The standard InChI is InChI=1S/C23H21NO4S/c1-2-28-23(25)14-19-8-7-17-9-11-20(15-22(17)19)24-29(26,27)21-12-10-16-5-3-4-6-18(16)13-21/h3-6,8-13,15,24H,2,7,14H2,1H3. The molecule has 0 aliphatic heterocycles. The minimum atomic E-state index is -3.73. The normalized spacial score (nSPS) is 13.1. The predicted octanol–water partition coefficient (Wildman–Crippen LogP) is 4.53. The van der Waals surface area contributed by atoms with E-state index < -0.39 is 10.0 Å². The highest BCUT2D eigenvalue weighted by molar-refractivity contribution is 7.92. The lowest BCUT2D eigenvalue weighted by Gasteiger charge is -2.12. The van der Waals surface area contributed by atoms with Gasteiger partial charge in [-0.2, -0.15) is 0 Å². The van der Waals surface area contributed by atoms with Crippen LogP contribution < -0.4 is 4.72 Å². The molecule has 5 nitrogen and oxygen atoms in total. The lowest BCUT2D eigenvalue weighted by atomic mass is 10.0. The van der Waals surface area contributed by atoms with Crippen LogP contribution in [-0.4, -0.2) is 21.0 Å². The van der Waals surface area contributed by atoms with Gasteiger partial charge in [0.25, 0.3) is 10.0 Å². The largest absolute Gasteiger partial charge is 0.466 e. The van der Waals surface area contributed by atoms with Crippen LogP contribution in [0.1, 0.15) is 24.5 Å². The van der Waals surface area contributed by atoms with Crippen LogP contribution in [0.3, 0.4) is 0 Å². The number of carbonyl (C=O) groups excluding carboxylic acids is 1.